The summed E-state index contributed by atoms with van der Waals surface area (Å²) in [5.41, 5.74) is 4.82. The zero-order chi connectivity index (χ0) is 18.8. The Bertz CT molecular complexity index is 1000. The van der Waals surface area contributed by atoms with Gasteiger partial charge in [-0.2, -0.15) is 0 Å². The molecule has 0 radical (unpaired) electrons. The van der Waals surface area contributed by atoms with Gasteiger partial charge in [0, 0.05) is 25.2 Å². The number of rotatable bonds is 4. The van der Waals surface area contributed by atoms with Gasteiger partial charge >= 0.3 is 0 Å². The standard InChI is InChI=1S/C21H22N4O2/c1-3-25-20-9-6-17(14-19(20)22-23-25)21(26)24-12-10-16(11-13-24)15-4-7-18(27-2)8-5-15/h4-10,14H,3,11-13H2,1-2H3. The summed E-state index contributed by atoms with van der Waals surface area (Å²) in [7, 11) is 1.67. The van der Waals surface area contributed by atoms with Gasteiger partial charge in [-0.25, -0.2) is 4.68 Å². The second-order valence-corrected chi connectivity index (χ2v) is 6.57. The Morgan fingerprint density at radius 1 is 1.19 bits per heavy atom. The van der Waals surface area contributed by atoms with Crippen LogP contribution in [0.1, 0.15) is 29.3 Å². The van der Waals surface area contributed by atoms with Crippen LogP contribution in [0, 0.1) is 0 Å². The highest BCUT2D eigenvalue weighted by atomic mass is 16.5. The van der Waals surface area contributed by atoms with Gasteiger partial charge in [0.25, 0.3) is 5.91 Å². The lowest BCUT2D eigenvalue weighted by Gasteiger charge is -2.27. The van der Waals surface area contributed by atoms with Crippen molar-refractivity contribution in [2.45, 2.75) is 19.9 Å². The molecule has 1 aliphatic heterocycles. The smallest absolute Gasteiger partial charge is 0.254 e. The molecule has 4 rings (SSSR count). The second kappa shape index (κ2) is 7.23. The maximum Gasteiger partial charge on any atom is 0.254 e. The van der Waals surface area contributed by atoms with E-state index in [2.05, 4.69) is 28.5 Å². The summed E-state index contributed by atoms with van der Waals surface area (Å²) in [5.74, 6) is 0.885. The minimum absolute atomic E-state index is 0.0352. The van der Waals surface area contributed by atoms with Crippen molar-refractivity contribution in [1.29, 1.82) is 0 Å². The molecule has 3 aromatic rings. The Kier molecular flexibility index (Phi) is 4.62. The molecule has 2 heterocycles. The average molecular weight is 362 g/mol. The van der Waals surface area contributed by atoms with Crippen molar-refractivity contribution < 1.29 is 9.53 Å². The van der Waals surface area contributed by atoms with E-state index in [-0.39, 0.29) is 5.91 Å². The summed E-state index contributed by atoms with van der Waals surface area (Å²) in [4.78, 5) is 14.7. The van der Waals surface area contributed by atoms with Crippen molar-refractivity contribution in [2.75, 3.05) is 20.2 Å². The number of methoxy groups -OCH3 is 1. The molecule has 0 atom stereocenters. The molecule has 2 aromatic carbocycles. The Morgan fingerprint density at radius 3 is 2.67 bits per heavy atom. The highest BCUT2D eigenvalue weighted by Gasteiger charge is 2.20. The van der Waals surface area contributed by atoms with Gasteiger partial charge in [-0.05, 0) is 54.8 Å². The van der Waals surface area contributed by atoms with Gasteiger partial charge < -0.3 is 9.64 Å². The number of aromatic nitrogens is 3. The molecular formula is C21H22N4O2. The van der Waals surface area contributed by atoms with Crippen molar-refractivity contribution in [3.05, 3.63) is 59.7 Å². The number of hydrogen-bond acceptors (Lipinski definition) is 4. The van der Waals surface area contributed by atoms with Crippen LogP contribution in [-0.2, 0) is 6.54 Å². The van der Waals surface area contributed by atoms with Crippen molar-refractivity contribution in [3.63, 3.8) is 0 Å². The normalized spacial score (nSPS) is 14.3. The molecule has 0 saturated carbocycles. The van der Waals surface area contributed by atoms with Gasteiger partial charge in [0.1, 0.15) is 11.3 Å². The predicted octanol–water partition coefficient (Wildman–Crippen LogP) is 3.39. The SMILES string of the molecule is CCn1nnc2cc(C(=O)N3CC=C(c4ccc(OC)cc4)CC3)ccc21. The third-order valence-corrected chi connectivity index (χ3v) is 5.02. The number of aryl methyl sites for hydroxylation is 1. The lowest BCUT2D eigenvalue weighted by Crippen LogP contribution is -2.34. The Balaban J connectivity index is 1.49. The Morgan fingerprint density at radius 2 is 2.00 bits per heavy atom. The molecule has 1 aromatic heterocycles. The van der Waals surface area contributed by atoms with Crippen molar-refractivity contribution in [1.82, 2.24) is 19.9 Å². The summed E-state index contributed by atoms with van der Waals surface area (Å²) < 4.78 is 7.04. The monoisotopic (exact) mass is 362 g/mol. The van der Waals surface area contributed by atoms with Crippen LogP contribution in [0.4, 0.5) is 0 Å². The zero-order valence-corrected chi connectivity index (χ0v) is 15.6. The van der Waals surface area contributed by atoms with Crippen molar-refractivity contribution in [3.8, 4) is 5.75 Å². The Hall–Kier alpha value is -3.15. The molecule has 0 unspecified atom stereocenters. The van der Waals surface area contributed by atoms with E-state index in [0.29, 0.717) is 18.7 Å². The third kappa shape index (κ3) is 3.30. The summed E-state index contributed by atoms with van der Waals surface area (Å²) in [6, 6.07) is 13.7. The number of fused-ring (bicyclic) bond motifs is 1. The molecule has 27 heavy (non-hydrogen) atoms. The fourth-order valence-corrected chi connectivity index (χ4v) is 3.44. The van der Waals surface area contributed by atoms with Gasteiger partial charge in [-0.1, -0.05) is 23.4 Å². The second-order valence-electron chi connectivity index (χ2n) is 6.57. The molecule has 1 aliphatic rings. The first kappa shape index (κ1) is 17.3. The largest absolute Gasteiger partial charge is 0.497 e. The summed E-state index contributed by atoms with van der Waals surface area (Å²) in [6.07, 6.45) is 2.97. The molecule has 0 spiro atoms. The number of carbonyl (C=O) groups excluding carboxylic acids is 1. The van der Waals surface area contributed by atoms with Crippen LogP contribution in [0.3, 0.4) is 0 Å². The van der Waals surface area contributed by atoms with E-state index in [4.69, 9.17) is 4.74 Å². The first-order valence-electron chi connectivity index (χ1n) is 9.15. The summed E-state index contributed by atoms with van der Waals surface area (Å²) in [6.45, 7) is 4.10. The maximum absolute atomic E-state index is 12.9. The molecule has 138 valence electrons. The lowest BCUT2D eigenvalue weighted by molar-refractivity contribution is 0.0773. The van der Waals surface area contributed by atoms with Gasteiger partial charge in [-0.3, -0.25) is 4.79 Å². The molecule has 6 nitrogen and oxygen atoms in total. The fraction of sp³-hybridized carbons (Fsp3) is 0.286. The van der Waals surface area contributed by atoms with Gasteiger partial charge in [0.2, 0.25) is 0 Å². The maximum atomic E-state index is 12.9. The van der Waals surface area contributed by atoms with Crippen LogP contribution >= 0.6 is 0 Å². The minimum atomic E-state index is 0.0352. The topological polar surface area (TPSA) is 60.2 Å². The van der Waals surface area contributed by atoms with E-state index in [1.54, 1.807) is 7.11 Å². The number of carbonyl (C=O) groups is 1. The molecular weight excluding hydrogens is 340 g/mol. The van der Waals surface area contributed by atoms with E-state index in [0.717, 1.165) is 29.7 Å². The predicted molar refractivity (Wildman–Crippen MR) is 105 cm³/mol. The number of amides is 1. The van der Waals surface area contributed by atoms with Crippen molar-refractivity contribution in [2.24, 2.45) is 0 Å². The van der Waals surface area contributed by atoms with E-state index < -0.39 is 0 Å². The van der Waals surface area contributed by atoms with Crippen LogP contribution in [0.25, 0.3) is 16.6 Å². The molecule has 6 heteroatoms. The van der Waals surface area contributed by atoms with Crippen LogP contribution in [0.5, 0.6) is 5.75 Å². The molecule has 0 bridgehead atoms. The first-order valence-corrected chi connectivity index (χ1v) is 9.15. The Labute approximate surface area is 158 Å². The first-order chi connectivity index (χ1) is 13.2. The number of hydrogen-bond donors (Lipinski definition) is 0. The summed E-state index contributed by atoms with van der Waals surface area (Å²) >= 11 is 0. The van der Waals surface area contributed by atoms with Crippen LogP contribution in [0.2, 0.25) is 0 Å². The quantitative estimate of drug-likeness (QED) is 0.714. The zero-order valence-electron chi connectivity index (χ0n) is 15.6. The average Bonchev–Trinajstić information content (AvgIpc) is 3.16. The fourth-order valence-electron chi connectivity index (χ4n) is 3.44. The molecule has 1 amide bonds. The lowest BCUT2D eigenvalue weighted by atomic mass is 9.99. The van der Waals surface area contributed by atoms with Gasteiger partial charge in [0.15, 0.2) is 0 Å². The summed E-state index contributed by atoms with van der Waals surface area (Å²) in [5, 5.41) is 8.27. The van der Waals surface area contributed by atoms with Gasteiger partial charge in [-0.15, -0.1) is 5.10 Å². The number of nitrogens with zero attached hydrogens (tertiary/aromatic N) is 4. The highest BCUT2D eigenvalue weighted by Crippen LogP contribution is 2.25. The molecule has 0 aliphatic carbocycles. The van der Waals surface area contributed by atoms with E-state index in [1.165, 1.54) is 11.1 Å². The third-order valence-electron chi connectivity index (χ3n) is 5.02. The number of benzene rings is 2. The number of ether oxygens (including phenoxy) is 1. The van der Waals surface area contributed by atoms with E-state index >= 15 is 0 Å². The highest BCUT2D eigenvalue weighted by molar-refractivity contribution is 5.97. The van der Waals surface area contributed by atoms with E-state index in [9.17, 15) is 4.79 Å². The minimum Gasteiger partial charge on any atom is -0.497 e. The molecule has 0 N–H and O–H groups in total. The van der Waals surface area contributed by atoms with Crippen LogP contribution < -0.4 is 4.74 Å². The van der Waals surface area contributed by atoms with Crippen LogP contribution in [-0.4, -0.2) is 46.0 Å². The molecule has 0 fully saturated rings. The van der Waals surface area contributed by atoms with Crippen molar-refractivity contribution >= 4 is 22.5 Å². The van der Waals surface area contributed by atoms with Crippen LogP contribution in [0.15, 0.2) is 48.5 Å². The van der Waals surface area contributed by atoms with Gasteiger partial charge in [0.05, 0.1) is 12.6 Å². The molecule has 0 saturated heterocycles. The van der Waals surface area contributed by atoms with E-state index in [1.807, 2.05) is 46.8 Å².